The second-order valence-electron chi connectivity index (χ2n) is 14.9. The first kappa shape index (κ1) is 28.1. The van der Waals surface area contributed by atoms with Crippen molar-refractivity contribution in [1.82, 2.24) is 0 Å². The summed E-state index contributed by atoms with van der Waals surface area (Å²) in [6, 6.07) is 33.3. The predicted molar refractivity (Wildman–Crippen MR) is 181 cm³/mol. The van der Waals surface area contributed by atoms with Gasteiger partial charge in [0, 0.05) is 34.0 Å². The zero-order chi connectivity index (χ0) is 30.0. The lowest BCUT2D eigenvalue weighted by Crippen LogP contribution is -2.17. The van der Waals surface area contributed by atoms with Gasteiger partial charge in [-0.1, -0.05) is 117 Å². The van der Waals surface area contributed by atoms with Gasteiger partial charge in [0.1, 0.15) is 11.5 Å². The molecule has 0 bridgehead atoms. The summed E-state index contributed by atoms with van der Waals surface area (Å²) in [6.45, 7) is 20.7. The first-order chi connectivity index (χ1) is 19.7. The number of hydrogen-bond acceptors (Lipinski definition) is 2. The van der Waals surface area contributed by atoms with Crippen molar-refractivity contribution in [3.8, 4) is 33.8 Å². The van der Waals surface area contributed by atoms with Crippen molar-refractivity contribution >= 4 is 22.1 Å². The number of benzene rings is 5. The largest absolute Gasteiger partial charge is 0.456 e. The van der Waals surface area contributed by atoms with Crippen LogP contribution in [0.2, 0.25) is 0 Å². The lowest BCUT2D eigenvalue weighted by molar-refractivity contribution is 0.487. The van der Waals surface area contributed by atoms with Crippen LogP contribution in [-0.4, -0.2) is 0 Å². The van der Waals surface area contributed by atoms with Crippen molar-refractivity contribution in [2.75, 3.05) is 5.32 Å². The molecule has 0 fully saturated rings. The molecule has 0 atom stereocenters. The molecule has 0 unspecified atom stereocenters. The zero-order valence-corrected chi connectivity index (χ0v) is 26.6. The molecule has 0 saturated heterocycles. The Morgan fingerprint density at radius 3 is 1.79 bits per heavy atom. The minimum atomic E-state index is 0.0375. The van der Waals surface area contributed by atoms with Gasteiger partial charge >= 0.3 is 0 Å². The number of fused-ring (bicyclic) bond motifs is 2. The molecule has 1 N–H and O–H groups in total. The van der Waals surface area contributed by atoms with Crippen LogP contribution in [0.25, 0.3) is 33.0 Å². The van der Waals surface area contributed by atoms with E-state index in [-0.39, 0.29) is 16.2 Å². The van der Waals surface area contributed by atoms with Crippen LogP contribution in [0.3, 0.4) is 0 Å². The summed E-state index contributed by atoms with van der Waals surface area (Å²) in [6.07, 6.45) is 0. The van der Waals surface area contributed by atoms with E-state index in [0.29, 0.717) is 0 Å². The fourth-order valence-corrected chi connectivity index (χ4v) is 5.80. The summed E-state index contributed by atoms with van der Waals surface area (Å²) in [4.78, 5) is 0. The average Bonchev–Trinajstić information content (AvgIpc) is 2.91. The monoisotopic (exact) mass is 553 g/mol. The molecule has 214 valence electrons. The van der Waals surface area contributed by atoms with Gasteiger partial charge in [-0.3, -0.25) is 0 Å². The smallest absolute Gasteiger partial charge is 0.137 e. The predicted octanol–water partition coefficient (Wildman–Crippen LogP) is 11.9. The van der Waals surface area contributed by atoms with Gasteiger partial charge in [0.05, 0.1) is 0 Å². The Morgan fingerprint density at radius 2 is 1.14 bits per heavy atom. The molecule has 2 heteroatoms. The highest BCUT2D eigenvalue weighted by atomic mass is 16.5. The van der Waals surface area contributed by atoms with Crippen molar-refractivity contribution in [3.05, 3.63) is 108 Å². The first-order valence-electron chi connectivity index (χ1n) is 15.1. The van der Waals surface area contributed by atoms with E-state index < -0.39 is 0 Å². The quantitative estimate of drug-likeness (QED) is 0.235. The highest BCUT2D eigenvalue weighted by Crippen LogP contribution is 2.48. The summed E-state index contributed by atoms with van der Waals surface area (Å²) in [7, 11) is 0. The standard InChI is InChI=1S/C40H43NO/c1-38(2,3)27-16-19-34(33(23-27)26-20-28(39(4,5)6)22-29(21-26)40(7,8)9)41-30-17-18-31-32-14-10-12-25-13-11-15-35(37(25)32)42-36(31)24-30/h10-24,41H,1-9H3. The summed E-state index contributed by atoms with van der Waals surface area (Å²) in [5, 5.41) is 6.17. The third-order valence-electron chi connectivity index (χ3n) is 8.50. The van der Waals surface area contributed by atoms with E-state index in [9.17, 15) is 0 Å². The Morgan fingerprint density at radius 1 is 0.500 bits per heavy atom. The average molecular weight is 554 g/mol. The normalized spacial score (nSPS) is 13.1. The van der Waals surface area contributed by atoms with E-state index in [1.54, 1.807) is 0 Å². The van der Waals surface area contributed by atoms with Crippen molar-refractivity contribution in [2.24, 2.45) is 0 Å². The van der Waals surface area contributed by atoms with E-state index in [4.69, 9.17) is 4.74 Å². The highest BCUT2D eigenvalue weighted by Gasteiger charge is 2.24. The molecule has 2 nitrogen and oxygen atoms in total. The van der Waals surface area contributed by atoms with Gasteiger partial charge in [-0.2, -0.15) is 0 Å². The topological polar surface area (TPSA) is 21.3 Å². The minimum Gasteiger partial charge on any atom is -0.456 e. The number of anilines is 2. The molecule has 5 aromatic carbocycles. The van der Waals surface area contributed by atoms with Crippen LogP contribution in [0.4, 0.5) is 11.4 Å². The number of rotatable bonds is 3. The maximum absolute atomic E-state index is 6.47. The van der Waals surface area contributed by atoms with Gasteiger partial charge in [0.2, 0.25) is 0 Å². The molecule has 0 aromatic heterocycles. The Labute approximate surface area is 251 Å². The molecule has 1 heterocycles. The number of ether oxygens (including phenoxy) is 1. The molecule has 5 aromatic rings. The number of hydrogen-bond donors (Lipinski definition) is 1. The fourth-order valence-electron chi connectivity index (χ4n) is 5.80. The van der Waals surface area contributed by atoms with Crippen LogP contribution in [0.5, 0.6) is 11.5 Å². The summed E-state index contributed by atoms with van der Waals surface area (Å²) in [5.74, 6) is 1.79. The Kier molecular flexibility index (Phi) is 6.53. The number of nitrogens with one attached hydrogen (secondary N) is 1. The lowest BCUT2D eigenvalue weighted by atomic mass is 9.78. The van der Waals surface area contributed by atoms with E-state index in [1.165, 1.54) is 44.2 Å². The van der Waals surface area contributed by atoms with E-state index >= 15 is 0 Å². The molecule has 0 amide bonds. The van der Waals surface area contributed by atoms with Crippen molar-refractivity contribution in [1.29, 1.82) is 0 Å². The Bertz CT molecular complexity index is 1790. The Hall–Kier alpha value is -4.04. The van der Waals surface area contributed by atoms with Crippen LogP contribution < -0.4 is 10.1 Å². The molecule has 6 rings (SSSR count). The molecule has 0 saturated carbocycles. The van der Waals surface area contributed by atoms with Gasteiger partial charge in [0.25, 0.3) is 0 Å². The van der Waals surface area contributed by atoms with Gasteiger partial charge in [-0.05, 0) is 79.8 Å². The van der Waals surface area contributed by atoms with Crippen molar-refractivity contribution < 1.29 is 4.74 Å². The molecular formula is C40H43NO. The zero-order valence-electron chi connectivity index (χ0n) is 26.6. The summed E-state index contributed by atoms with van der Waals surface area (Å²) >= 11 is 0. The molecule has 0 spiro atoms. The molecule has 1 aliphatic rings. The molecule has 0 aliphatic carbocycles. The molecule has 1 aliphatic heterocycles. The first-order valence-corrected chi connectivity index (χ1v) is 15.1. The maximum Gasteiger partial charge on any atom is 0.137 e. The molecule has 0 radical (unpaired) electrons. The maximum atomic E-state index is 6.47. The summed E-state index contributed by atoms with van der Waals surface area (Å²) < 4.78 is 6.47. The Balaban J connectivity index is 1.47. The van der Waals surface area contributed by atoms with Gasteiger partial charge in [0.15, 0.2) is 0 Å². The van der Waals surface area contributed by atoms with Crippen LogP contribution >= 0.6 is 0 Å². The second-order valence-corrected chi connectivity index (χ2v) is 14.9. The van der Waals surface area contributed by atoms with Crippen molar-refractivity contribution in [3.63, 3.8) is 0 Å². The fraction of sp³-hybridized carbons (Fsp3) is 0.300. The van der Waals surface area contributed by atoms with Crippen LogP contribution in [0.15, 0.2) is 91.0 Å². The second kappa shape index (κ2) is 9.76. The van der Waals surface area contributed by atoms with E-state index in [2.05, 4.69) is 159 Å². The van der Waals surface area contributed by atoms with Gasteiger partial charge in [-0.25, -0.2) is 0 Å². The van der Waals surface area contributed by atoms with Gasteiger partial charge < -0.3 is 10.1 Å². The third kappa shape index (κ3) is 5.20. The van der Waals surface area contributed by atoms with Crippen LogP contribution in [-0.2, 0) is 16.2 Å². The highest BCUT2D eigenvalue weighted by molar-refractivity contribution is 6.04. The van der Waals surface area contributed by atoms with E-state index in [0.717, 1.165) is 28.4 Å². The summed E-state index contributed by atoms with van der Waals surface area (Å²) in [5.41, 5.74) is 11.1. The lowest BCUT2D eigenvalue weighted by Gasteiger charge is -2.28. The van der Waals surface area contributed by atoms with E-state index in [1.807, 2.05) is 0 Å². The SMILES string of the molecule is CC(C)(C)c1cc(-c2cc(C(C)(C)C)ccc2Nc2ccc3c(c2)Oc2cccc4cccc-3c24)cc(C(C)(C)C)c1. The van der Waals surface area contributed by atoms with Crippen LogP contribution in [0, 0.1) is 0 Å². The van der Waals surface area contributed by atoms with Crippen LogP contribution in [0.1, 0.15) is 79.0 Å². The van der Waals surface area contributed by atoms with Gasteiger partial charge in [-0.15, -0.1) is 0 Å². The molecule has 42 heavy (non-hydrogen) atoms. The molecular weight excluding hydrogens is 510 g/mol. The minimum absolute atomic E-state index is 0.0375. The van der Waals surface area contributed by atoms with Crippen molar-refractivity contribution in [2.45, 2.75) is 78.6 Å². The third-order valence-corrected chi connectivity index (χ3v) is 8.50.